The molecule has 1 N–H and O–H groups in total. The van der Waals surface area contributed by atoms with Gasteiger partial charge >= 0.3 is 0 Å². The lowest BCUT2D eigenvalue weighted by Crippen LogP contribution is -2.11. The zero-order valence-electron chi connectivity index (χ0n) is 17.7. The molecule has 1 amide bonds. The first-order valence-corrected chi connectivity index (χ1v) is 11.0. The van der Waals surface area contributed by atoms with E-state index in [9.17, 15) is 4.79 Å². The van der Waals surface area contributed by atoms with Gasteiger partial charge in [0.2, 0.25) is 5.88 Å². The van der Waals surface area contributed by atoms with Gasteiger partial charge in [-0.15, -0.1) is 0 Å². The van der Waals surface area contributed by atoms with Crippen LogP contribution < -0.4 is 10.1 Å². The van der Waals surface area contributed by atoms with E-state index in [0.717, 1.165) is 33.5 Å². The molecule has 0 fully saturated rings. The van der Waals surface area contributed by atoms with Gasteiger partial charge in [-0.2, -0.15) is 0 Å². The van der Waals surface area contributed by atoms with Gasteiger partial charge in [-0.1, -0.05) is 28.9 Å². The van der Waals surface area contributed by atoms with Gasteiger partial charge in [-0.05, 0) is 67.1 Å². The van der Waals surface area contributed by atoms with E-state index in [1.54, 1.807) is 30.6 Å². The van der Waals surface area contributed by atoms with Crippen molar-refractivity contribution in [2.24, 2.45) is 0 Å². The molecule has 0 aliphatic carbocycles. The summed E-state index contributed by atoms with van der Waals surface area (Å²) in [7, 11) is 0. The van der Waals surface area contributed by atoms with E-state index >= 15 is 0 Å². The fourth-order valence-electron chi connectivity index (χ4n) is 3.17. The number of rotatable bonds is 6. The van der Waals surface area contributed by atoms with Crippen molar-refractivity contribution in [1.29, 1.82) is 0 Å². The molecule has 4 rings (SSSR count). The van der Waals surface area contributed by atoms with Crippen molar-refractivity contribution in [3.8, 4) is 22.9 Å². The monoisotopic (exact) mass is 488 g/mol. The molecule has 0 bridgehead atoms. The summed E-state index contributed by atoms with van der Waals surface area (Å²) < 4.78 is 6.99. The van der Waals surface area contributed by atoms with Gasteiger partial charge in [0.05, 0.1) is 11.3 Å². The lowest BCUT2D eigenvalue weighted by molar-refractivity contribution is 0.102. The Morgan fingerprint density at radius 1 is 1.03 bits per heavy atom. The number of amides is 1. The lowest BCUT2D eigenvalue weighted by atomic mass is 10.1. The third kappa shape index (κ3) is 5.00. The van der Waals surface area contributed by atoms with Crippen molar-refractivity contribution in [2.75, 3.05) is 5.32 Å². The van der Waals surface area contributed by atoms with E-state index < -0.39 is 0 Å². The van der Waals surface area contributed by atoms with Crippen molar-refractivity contribution in [1.82, 2.24) is 15.0 Å². The number of hydrogen-bond acceptors (Lipinski definition) is 5. The molecule has 4 aromatic rings. The number of ether oxygens (including phenoxy) is 1. The van der Waals surface area contributed by atoms with E-state index in [1.165, 1.54) is 0 Å². The summed E-state index contributed by atoms with van der Waals surface area (Å²) in [5.74, 6) is 1.69. The maximum absolute atomic E-state index is 12.5. The number of carbonyl (C=O) groups is 1. The summed E-state index contributed by atoms with van der Waals surface area (Å²) in [5, 5.41) is 2.92. The maximum Gasteiger partial charge on any atom is 0.255 e. The number of hydrogen-bond donors (Lipinski definition) is 1. The molecule has 0 radical (unpaired) electrons. The van der Waals surface area contributed by atoms with Crippen LogP contribution in [0.3, 0.4) is 0 Å². The molecule has 2 heterocycles. The number of halogens is 1. The van der Waals surface area contributed by atoms with Crippen LogP contribution in [-0.2, 0) is 6.42 Å². The second-order valence-electron chi connectivity index (χ2n) is 7.11. The largest absolute Gasteiger partial charge is 0.438 e. The summed E-state index contributed by atoms with van der Waals surface area (Å²) in [6.07, 6.45) is 4.17. The minimum atomic E-state index is -0.179. The van der Waals surface area contributed by atoms with Gasteiger partial charge in [-0.25, -0.2) is 15.0 Å². The number of nitrogens with one attached hydrogen (secondary N) is 1. The molecule has 2 aromatic carbocycles. The molecule has 0 unspecified atom stereocenters. The Labute approximate surface area is 194 Å². The highest BCUT2D eigenvalue weighted by Crippen LogP contribution is 2.32. The molecule has 0 atom stereocenters. The van der Waals surface area contributed by atoms with Crippen LogP contribution in [0.15, 0.2) is 77.5 Å². The Balaban J connectivity index is 1.55. The first-order valence-electron chi connectivity index (χ1n) is 10.2. The standard InChI is InChI=1S/C25H21BrN4O2/c1-3-23-27-13-11-21(30-23)20-8-5-12-28-25(20)32-22-10-9-19(14-16(22)2)29-24(31)17-6-4-7-18(26)15-17/h4-15H,3H2,1-2H3,(H,29,31). The van der Waals surface area contributed by atoms with Crippen molar-refractivity contribution >= 4 is 27.5 Å². The highest BCUT2D eigenvalue weighted by atomic mass is 79.9. The average molecular weight is 489 g/mol. The van der Waals surface area contributed by atoms with E-state index in [4.69, 9.17) is 4.74 Å². The summed E-state index contributed by atoms with van der Waals surface area (Å²) in [5.41, 5.74) is 3.67. The van der Waals surface area contributed by atoms with Crippen LogP contribution >= 0.6 is 15.9 Å². The number of benzene rings is 2. The fourth-order valence-corrected chi connectivity index (χ4v) is 3.56. The molecular formula is C25H21BrN4O2. The van der Waals surface area contributed by atoms with Crippen LogP contribution in [0, 0.1) is 6.92 Å². The predicted octanol–water partition coefficient (Wildman–Crippen LogP) is 6.22. The SMILES string of the molecule is CCc1nccc(-c2cccnc2Oc2ccc(NC(=O)c3cccc(Br)c3)cc2C)n1. The Hall–Kier alpha value is -3.58. The summed E-state index contributed by atoms with van der Waals surface area (Å²) in [6, 6.07) is 18.4. The average Bonchev–Trinajstić information content (AvgIpc) is 2.81. The van der Waals surface area contributed by atoms with E-state index in [-0.39, 0.29) is 5.91 Å². The topological polar surface area (TPSA) is 77.0 Å². The van der Waals surface area contributed by atoms with Crippen molar-refractivity contribution in [3.05, 3.63) is 94.5 Å². The Kier molecular flexibility index (Phi) is 6.56. The van der Waals surface area contributed by atoms with Crippen LogP contribution in [0.25, 0.3) is 11.3 Å². The number of nitrogens with zero attached hydrogens (tertiary/aromatic N) is 3. The Bertz CT molecular complexity index is 1280. The number of aryl methyl sites for hydroxylation is 2. The Morgan fingerprint density at radius 3 is 2.69 bits per heavy atom. The number of carbonyl (C=O) groups excluding carboxylic acids is 1. The molecule has 0 aliphatic rings. The van der Waals surface area contributed by atoms with Crippen LogP contribution in [0.5, 0.6) is 11.6 Å². The minimum Gasteiger partial charge on any atom is -0.438 e. The van der Waals surface area contributed by atoms with Gasteiger partial charge < -0.3 is 10.1 Å². The van der Waals surface area contributed by atoms with Crippen LogP contribution in [0.2, 0.25) is 0 Å². The molecule has 6 nitrogen and oxygen atoms in total. The van der Waals surface area contributed by atoms with Crippen molar-refractivity contribution < 1.29 is 9.53 Å². The van der Waals surface area contributed by atoms with Gasteiger partial charge in [0.25, 0.3) is 5.91 Å². The van der Waals surface area contributed by atoms with E-state index in [2.05, 4.69) is 36.2 Å². The zero-order valence-corrected chi connectivity index (χ0v) is 19.3. The highest BCUT2D eigenvalue weighted by molar-refractivity contribution is 9.10. The van der Waals surface area contributed by atoms with Crippen LogP contribution in [0.4, 0.5) is 5.69 Å². The van der Waals surface area contributed by atoms with E-state index in [0.29, 0.717) is 22.9 Å². The normalized spacial score (nSPS) is 10.6. The van der Waals surface area contributed by atoms with Gasteiger partial charge in [0, 0.05) is 34.5 Å². The molecular weight excluding hydrogens is 468 g/mol. The number of aromatic nitrogens is 3. The van der Waals surface area contributed by atoms with Gasteiger partial charge in [-0.3, -0.25) is 4.79 Å². The van der Waals surface area contributed by atoms with Crippen LogP contribution in [-0.4, -0.2) is 20.9 Å². The second kappa shape index (κ2) is 9.70. The first-order chi connectivity index (χ1) is 15.5. The fraction of sp³-hybridized carbons (Fsp3) is 0.120. The Morgan fingerprint density at radius 2 is 1.91 bits per heavy atom. The van der Waals surface area contributed by atoms with E-state index in [1.807, 2.05) is 56.3 Å². The summed E-state index contributed by atoms with van der Waals surface area (Å²) >= 11 is 3.39. The smallest absolute Gasteiger partial charge is 0.255 e. The number of anilines is 1. The third-order valence-corrected chi connectivity index (χ3v) is 5.29. The second-order valence-corrected chi connectivity index (χ2v) is 8.03. The molecule has 0 saturated carbocycles. The highest BCUT2D eigenvalue weighted by Gasteiger charge is 2.13. The predicted molar refractivity (Wildman–Crippen MR) is 128 cm³/mol. The van der Waals surface area contributed by atoms with Crippen molar-refractivity contribution in [2.45, 2.75) is 20.3 Å². The lowest BCUT2D eigenvalue weighted by Gasteiger charge is -2.13. The molecule has 0 aliphatic heterocycles. The molecule has 160 valence electrons. The molecule has 0 spiro atoms. The molecule has 32 heavy (non-hydrogen) atoms. The molecule has 7 heteroatoms. The molecule has 2 aromatic heterocycles. The number of pyridine rings is 1. The molecule has 0 saturated heterocycles. The van der Waals surface area contributed by atoms with Crippen LogP contribution in [0.1, 0.15) is 28.7 Å². The minimum absolute atomic E-state index is 0.179. The third-order valence-electron chi connectivity index (χ3n) is 4.80. The van der Waals surface area contributed by atoms with Gasteiger partial charge in [0.15, 0.2) is 0 Å². The summed E-state index contributed by atoms with van der Waals surface area (Å²) in [4.78, 5) is 25.8. The zero-order chi connectivity index (χ0) is 22.5. The summed E-state index contributed by atoms with van der Waals surface area (Å²) in [6.45, 7) is 3.94. The maximum atomic E-state index is 12.5. The first kappa shape index (κ1) is 21.6. The quantitative estimate of drug-likeness (QED) is 0.348. The van der Waals surface area contributed by atoms with Gasteiger partial charge in [0.1, 0.15) is 11.6 Å². The van der Waals surface area contributed by atoms with Crippen molar-refractivity contribution in [3.63, 3.8) is 0 Å².